The Morgan fingerprint density at radius 3 is 1.42 bits per heavy atom. The van der Waals surface area contributed by atoms with Gasteiger partial charge >= 0.3 is 12.4 Å². The van der Waals surface area contributed by atoms with Crippen LogP contribution in [0.1, 0.15) is 85.5 Å². The van der Waals surface area contributed by atoms with E-state index in [9.17, 15) is 45.5 Å². The molecule has 0 aliphatic carbocycles. The SMILES string of the molecule is CC1(C)OC(c2ccc(Oc3cc(C(F)(F)F)ccn3)cc2)OC1(C)C.C[C@H](Nc1cc(C(N)=O)nc(-c2ccc(Oc3cc(C(F)(F)F)ccn3)cc2)n1)C(N)=O.C[C@H](Nc1cc(C(N)=O)nc(Cl)n1)C(N)=O. The monoisotopic (exact) mass is 1060 g/mol. The van der Waals surface area contributed by atoms with Gasteiger partial charge in [-0.15, -0.1) is 0 Å². The fourth-order valence-corrected chi connectivity index (χ4v) is 6.03. The number of alkyl halides is 6. The van der Waals surface area contributed by atoms with Crippen LogP contribution in [0.15, 0.2) is 97.3 Å². The fraction of sp³-hybridized carbons (Fsp3) is 0.277. The highest BCUT2D eigenvalue weighted by Gasteiger charge is 2.49. The number of nitrogens with zero attached hydrogens (tertiary/aromatic N) is 6. The summed E-state index contributed by atoms with van der Waals surface area (Å²) in [6.07, 6.45) is -7.41. The van der Waals surface area contributed by atoms with E-state index in [0.717, 1.165) is 42.2 Å². The summed E-state index contributed by atoms with van der Waals surface area (Å²) < 4.78 is 99.5. The quantitative estimate of drug-likeness (QED) is 0.0449. The zero-order chi connectivity index (χ0) is 54.9. The van der Waals surface area contributed by atoms with Gasteiger partial charge in [-0.1, -0.05) is 12.1 Å². The highest BCUT2D eigenvalue weighted by atomic mass is 35.5. The first kappa shape index (κ1) is 56.7. The molecule has 5 heterocycles. The topological polar surface area (TPSA) is 311 Å². The van der Waals surface area contributed by atoms with Gasteiger partial charge in [-0.3, -0.25) is 19.2 Å². The van der Waals surface area contributed by atoms with Crippen LogP contribution in [0.25, 0.3) is 11.4 Å². The number of rotatable bonds is 14. The summed E-state index contributed by atoms with van der Waals surface area (Å²) >= 11 is 5.57. The Hall–Kier alpha value is -8.23. The van der Waals surface area contributed by atoms with Crippen molar-refractivity contribution in [3.05, 3.63) is 131 Å². The molecule has 0 spiro atoms. The molecule has 0 saturated carbocycles. The van der Waals surface area contributed by atoms with E-state index in [0.29, 0.717) is 11.3 Å². The van der Waals surface area contributed by atoms with Crippen molar-refractivity contribution in [2.24, 2.45) is 22.9 Å². The number of pyridine rings is 2. The van der Waals surface area contributed by atoms with Crippen LogP contribution in [0.3, 0.4) is 0 Å². The lowest BCUT2D eigenvalue weighted by atomic mass is 9.90. The maximum Gasteiger partial charge on any atom is 0.416 e. The number of amides is 4. The van der Waals surface area contributed by atoms with Crippen LogP contribution >= 0.6 is 11.6 Å². The smallest absolute Gasteiger partial charge is 0.416 e. The molecule has 4 amide bonds. The predicted molar refractivity (Wildman–Crippen MR) is 254 cm³/mol. The third-order valence-electron chi connectivity index (χ3n) is 10.6. The van der Waals surface area contributed by atoms with Crippen LogP contribution in [0.4, 0.5) is 38.0 Å². The summed E-state index contributed by atoms with van der Waals surface area (Å²) in [5.41, 5.74) is 19.1. The standard InChI is InChI=1S/C20H17F3N6O3.C19H20F3NO3.C8H10ClN5O2/c1-10(17(24)30)27-15-9-14(18(25)31)28-19(29-15)11-2-4-13(5-3-11)32-16-8-12(6-7-26-16)20(21,22)23;1-17(2)18(3,4)26-16(25-17)12-5-7-14(8-6-12)24-15-11-13(9-10-23-15)19(20,21)22;1-3(6(10)15)12-5-2-4(7(11)16)13-8(9)14-5/h2-10H,1H3,(H2,24,30)(H2,25,31)(H,27,28,29);5-11,16H,1-4H3;2-3H,1H3,(H2,10,15)(H2,11,16)(H,12,13,14)/t10-;;3-/m0.0/s1. The van der Waals surface area contributed by atoms with Gasteiger partial charge in [0.05, 0.1) is 22.3 Å². The summed E-state index contributed by atoms with van der Waals surface area (Å²) in [7, 11) is 0. The van der Waals surface area contributed by atoms with Crippen molar-refractivity contribution in [2.45, 2.75) is 83.5 Å². The average Bonchev–Trinajstić information content (AvgIpc) is 3.54. The Bertz CT molecular complexity index is 2970. The maximum absolute atomic E-state index is 12.8. The van der Waals surface area contributed by atoms with Crippen molar-refractivity contribution in [2.75, 3.05) is 10.6 Å². The van der Waals surface area contributed by atoms with Crippen molar-refractivity contribution in [3.8, 4) is 34.6 Å². The first-order valence-electron chi connectivity index (χ1n) is 21.5. The lowest BCUT2D eigenvalue weighted by molar-refractivity contribution is -0.138. The van der Waals surface area contributed by atoms with E-state index in [4.69, 9.17) is 53.5 Å². The summed E-state index contributed by atoms with van der Waals surface area (Å²) in [6, 6.07) is 17.3. The summed E-state index contributed by atoms with van der Waals surface area (Å²) in [6.45, 7) is 10.9. The van der Waals surface area contributed by atoms with Gasteiger partial charge < -0.3 is 52.5 Å². The molecule has 27 heteroatoms. The van der Waals surface area contributed by atoms with E-state index in [1.54, 1.807) is 31.2 Å². The van der Waals surface area contributed by atoms with Crippen molar-refractivity contribution in [1.29, 1.82) is 0 Å². The van der Waals surface area contributed by atoms with E-state index in [-0.39, 0.29) is 51.6 Å². The van der Waals surface area contributed by atoms with Crippen LogP contribution in [0.2, 0.25) is 5.28 Å². The number of ether oxygens (including phenoxy) is 4. The van der Waals surface area contributed by atoms with Crippen LogP contribution in [0, 0.1) is 0 Å². The number of carbonyl (C=O) groups excluding carboxylic acids is 4. The number of benzene rings is 2. The third-order valence-corrected chi connectivity index (χ3v) is 10.8. The molecule has 2 atom stereocenters. The zero-order valence-corrected chi connectivity index (χ0v) is 40.6. The van der Waals surface area contributed by atoms with Crippen LogP contribution in [-0.2, 0) is 31.4 Å². The molecule has 4 aromatic heterocycles. The summed E-state index contributed by atoms with van der Waals surface area (Å²) in [4.78, 5) is 67.9. The van der Waals surface area contributed by atoms with Crippen molar-refractivity contribution in [3.63, 3.8) is 0 Å². The number of hydrogen-bond acceptors (Lipinski definition) is 16. The third kappa shape index (κ3) is 15.6. The molecule has 7 rings (SSSR count). The van der Waals surface area contributed by atoms with E-state index < -0.39 is 76.7 Å². The zero-order valence-electron chi connectivity index (χ0n) is 39.9. The second kappa shape index (κ2) is 23.1. The lowest BCUT2D eigenvalue weighted by Crippen LogP contribution is -2.41. The lowest BCUT2D eigenvalue weighted by Gasteiger charge is -2.30. The molecule has 20 nitrogen and oxygen atoms in total. The van der Waals surface area contributed by atoms with Gasteiger partial charge in [0.2, 0.25) is 28.9 Å². The largest absolute Gasteiger partial charge is 0.439 e. The molecule has 1 aliphatic rings. The highest BCUT2D eigenvalue weighted by molar-refractivity contribution is 6.28. The second-order valence-corrected chi connectivity index (χ2v) is 17.1. The van der Waals surface area contributed by atoms with Gasteiger partial charge in [-0.2, -0.15) is 26.3 Å². The van der Waals surface area contributed by atoms with Gasteiger partial charge in [0.15, 0.2) is 12.1 Å². The average molecular weight is 1060 g/mol. The van der Waals surface area contributed by atoms with E-state index in [1.807, 2.05) is 27.7 Å². The maximum atomic E-state index is 12.8. The summed E-state index contributed by atoms with van der Waals surface area (Å²) in [5, 5.41) is 5.27. The molecule has 74 heavy (non-hydrogen) atoms. The number of halogens is 7. The molecule has 0 bridgehead atoms. The molecule has 0 radical (unpaired) electrons. The molecule has 0 unspecified atom stereocenters. The van der Waals surface area contributed by atoms with Gasteiger partial charge in [0, 0.05) is 47.8 Å². The number of carbonyl (C=O) groups is 4. The Balaban J connectivity index is 0.000000217. The predicted octanol–water partition coefficient (Wildman–Crippen LogP) is 7.74. The second-order valence-electron chi connectivity index (χ2n) is 16.8. The van der Waals surface area contributed by atoms with Gasteiger partial charge in [-0.05, 0) is 102 Å². The Kier molecular flexibility index (Phi) is 17.7. The Labute approximate surface area is 422 Å². The number of nitrogens with two attached hydrogens (primary N) is 4. The Morgan fingerprint density at radius 2 is 1.01 bits per heavy atom. The Morgan fingerprint density at radius 1 is 0.608 bits per heavy atom. The van der Waals surface area contributed by atoms with Crippen molar-refractivity contribution in [1.82, 2.24) is 29.9 Å². The van der Waals surface area contributed by atoms with Crippen molar-refractivity contribution >= 4 is 46.9 Å². The normalized spacial score (nSPS) is 14.7. The molecular formula is C47H47ClF6N12O8. The minimum atomic E-state index is -4.52. The molecular weight excluding hydrogens is 1010 g/mol. The molecule has 1 saturated heterocycles. The molecule has 392 valence electrons. The molecule has 2 aromatic carbocycles. The number of aromatic nitrogens is 6. The summed E-state index contributed by atoms with van der Waals surface area (Å²) in [5.74, 6) is -2.02. The van der Waals surface area contributed by atoms with Gasteiger partial charge in [0.1, 0.15) is 46.6 Å². The van der Waals surface area contributed by atoms with Gasteiger partial charge in [-0.25, -0.2) is 29.9 Å². The van der Waals surface area contributed by atoms with Crippen LogP contribution < -0.4 is 43.0 Å². The first-order valence-corrected chi connectivity index (χ1v) is 21.9. The van der Waals surface area contributed by atoms with E-state index in [2.05, 4.69) is 40.5 Å². The molecule has 10 N–H and O–H groups in total. The van der Waals surface area contributed by atoms with E-state index in [1.165, 1.54) is 43.3 Å². The molecule has 1 aliphatic heterocycles. The van der Waals surface area contributed by atoms with Crippen LogP contribution in [-0.4, -0.2) is 76.8 Å². The molecule has 1 fully saturated rings. The van der Waals surface area contributed by atoms with Crippen molar-refractivity contribution < 1.29 is 64.5 Å². The highest BCUT2D eigenvalue weighted by Crippen LogP contribution is 2.45. The minimum absolute atomic E-state index is 0.0424. The minimum Gasteiger partial charge on any atom is -0.439 e. The molecule has 6 aromatic rings. The number of nitrogens with one attached hydrogen (secondary N) is 2. The number of hydrogen-bond donors (Lipinski definition) is 6. The fourth-order valence-electron chi connectivity index (χ4n) is 5.85. The van der Waals surface area contributed by atoms with Gasteiger partial charge in [0.25, 0.3) is 11.8 Å². The first-order chi connectivity index (χ1) is 34.4. The number of primary amides is 4. The number of anilines is 2. The van der Waals surface area contributed by atoms with E-state index >= 15 is 0 Å². The van der Waals surface area contributed by atoms with Crippen LogP contribution in [0.5, 0.6) is 23.3 Å².